The first-order chi connectivity index (χ1) is 14.1. The highest BCUT2D eigenvalue weighted by molar-refractivity contribution is 5.91. The Labute approximate surface area is 169 Å². The van der Waals surface area contributed by atoms with Gasteiger partial charge in [-0.2, -0.15) is 0 Å². The van der Waals surface area contributed by atoms with Gasteiger partial charge in [0.1, 0.15) is 11.5 Å². The van der Waals surface area contributed by atoms with Gasteiger partial charge in [0.25, 0.3) is 5.91 Å². The van der Waals surface area contributed by atoms with E-state index < -0.39 is 0 Å². The smallest absolute Gasteiger partial charge is 0.273 e. The second kappa shape index (κ2) is 8.59. The molecule has 1 N–H and O–H groups in total. The zero-order valence-corrected chi connectivity index (χ0v) is 16.7. The fraction of sp³-hybridized carbons (Fsp3) is 0.381. The Balaban J connectivity index is 1.44. The Bertz CT molecular complexity index is 957. The molecule has 1 aromatic carbocycles. The SMILES string of the molecule is Cc1ccc(-n2cc(C(=O)NCC(c3ccc(C)o3)N3CCOCC3)nn2)cc1. The lowest BCUT2D eigenvalue weighted by molar-refractivity contribution is 0.0117. The Hall–Kier alpha value is -2.97. The number of morpholine rings is 1. The molecule has 29 heavy (non-hydrogen) atoms. The van der Waals surface area contributed by atoms with E-state index in [0.29, 0.717) is 19.8 Å². The van der Waals surface area contributed by atoms with Gasteiger partial charge >= 0.3 is 0 Å². The average Bonchev–Trinajstić information content (AvgIpc) is 3.39. The number of nitrogens with zero attached hydrogens (tertiary/aromatic N) is 4. The molecule has 1 fully saturated rings. The molecule has 1 aliphatic heterocycles. The van der Waals surface area contributed by atoms with Crippen molar-refractivity contribution in [3.05, 3.63) is 65.4 Å². The molecular weight excluding hydrogens is 370 g/mol. The molecule has 0 radical (unpaired) electrons. The number of carbonyl (C=O) groups is 1. The van der Waals surface area contributed by atoms with Crippen LogP contribution in [-0.4, -0.2) is 58.6 Å². The number of furan rings is 1. The summed E-state index contributed by atoms with van der Waals surface area (Å²) in [6.45, 7) is 7.30. The molecule has 0 spiro atoms. The van der Waals surface area contributed by atoms with E-state index in [1.165, 1.54) is 0 Å². The molecule has 0 saturated carbocycles. The largest absolute Gasteiger partial charge is 0.465 e. The third-order valence-corrected chi connectivity index (χ3v) is 5.06. The topological polar surface area (TPSA) is 85.4 Å². The molecule has 0 aliphatic carbocycles. The van der Waals surface area contributed by atoms with Gasteiger partial charge in [-0.15, -0.1) is 5.10 Å². The lowest BCUT2D eigenvalue weighted by atomic mass is 10.1. The minimum absolute atomic E-state index is 0.0521. The summed E-state index contributed by atoms with van der Waals surface area (Å²) in [5.41, 5.74) is 2.30. The van der Waals surface area contributed by atoms with Crippen LogP contribution in [0.1, 0.15) is 33.6 Å². The van der Waals surface area contributed by atoms with Crippen LogP contribution in [0.15, 0.2) is 47.0 Å². The molecular formula is C21H25N5O3. The summed E-state index contributed by atoms with van der Waals surface area (Å²) >= 11 is 0. The highest BCUT2D eigenvalue weighted by Gasteiger charge is 2.26. The normalized spacial score (nSPS) is 15.9. The highest BCUT2D eigenvalue weighted by Crippen LogP contribution is 2.23. The van der Waals surface area contributed by atoms with Crippen LogP contribution in [0.3, 0.4) is 0 Å². The van der Waals surface area contributed by atoms with Gasteiger partial charge in [-0.1, -0.05) is 22.9 Å². The number of hydrogen-bond acceptors (Lipinski definition) is 6. The first kappa shape index (κ1) is 19.4. The van der Waals surface area contributed by atoms with E-state index in [1.54, 1.807) is 10.9 Å². The molecule has 2 aromatic heterocycles. The van der Waals surface area contributed by atoms with Crippen LogP contribution < -0.4 is 5.32 Å². The van der Waals surface area contributed by atoms with Crippen LogP contribution in [0.4, 0.5) is 0 Å². The molecule has 3 aromatic rings. The first-order valence-electron chi connectivity index (χ1n) is 9.76. The maximum Gasteiger partial charge on any atom is 0.273 e. The summed E-state index contributed by atoms with van der Waals surface area (Å²) in [4.78, 5) is 14.9. The second-order valence-corrected chi connectivity index (χ2v) is 7.21. The van der Waals surface area contributed by atoms with E-state index >= 15 is 0 Å². The third kappa shape index (κ3) is 4.55. The maximum absolute atomic E-state index is 12.7. The van der Waals surface area contributed by atoms with Crippen molar-refractivity contribution >= 4 is 5.91 Å². The molecule has 1 unspecified atom stereocenters. The maximum atomic E-state index is 12.7. The third-order valence-electron chi connectivity index (χ3n) is 5.06. The Morgan fingerprint density at radius 1 is 1.14 bits per heavy atom. The van der Waals surface area contributed by atoms with Gasteiger partial charge < -0.3 is 14.5 Å². The lowest BCUT2D eigenvalue weighted by Gasteiger charge is -2.33. The molecule has 8 heteroatoms. The van der Waals surface area contributed by atoms with Crippen molar-refractivity contribution in [1.82, 2.24) is 25.2 Å². The van der Waals surface area contributed by atoms with Crippen molar-refractivity contribution in [2.75, 3.05) is 32.8 Å². The van der Waals surface area contributed by atoms with Crippen molar-refractivity contribution < 1.29 is 13.9 Å². The predicted octanol–water partition coefficient (Wildman–Crippen LogP) is 2.28. The minimum Gasteiger partial charge on any atom is -0.465 e. The molecule has 1 aliphatic rings. The fourth-order valence-corrected chi connectivity index (χ4v) is 3.40. The summed E-state index contributed by atoms with van der Waals surface area (Å²) in [5, 5.41) is 11.1. The van der Waals surface area contributed by atoms with Crippen molar-refractivity contribution in [2.24, 2.45) is 0 Å². The van der Waals surface area contributed by atoms with Crippen LogP contribution in [0, 0.1) is 13.8 Å². The summed E-state index contributed by atoms with van der Waals surface area (Å²) < 4.78 is 12.9. The predicted molar refractivity (Wildman–Crippen MR) is 107 cm³/mol. The number of nitrogens with one attached hydrogen (secondary N) is 1. The average molecular weight is 395 g/mol. The Kier molecular flexibility index (Phi) is 5.73. The number of amides is 1. The van der Waals surface area contributed by atoms with Gasteiger partial charge in [-0.05, 0) is 38.1 Å². The standard InChI is InChI=1S/C21H25N5O3/c1-15-3-6-17(7-4-15)26-14-18(23-24-26)21(27)22-13-19(20-8-5-16(2)29-20)25-9-11-28-12-10-25/h3-8,14,19H,9-13H2,1-2H3,(H,22,27). The number of carbonyl (C=O) groups excluding carboxylic acids is 1. The molecule has 1 amide bonds. The number of benzene rings is 1. The monoisotopic (exact) mass is 395 g/mol. The fourth-order valence-electron chi connectivity index (χ4n) is 3.40. The van der Waals surface area contributed by atoms with E-state index in [2.05, 4.69) is 20.5 Å². The van der Waals surface area contributed by atoms with Crippen LogP contribution in [0.5, 0.6) is 0 Å². The van der Waals surface area contributed by atoms with Gasteiger partial charge in [0.15, 0.2) is 5.69 Å². The van der Waals surface area contributed by atoms with E-state index in [9.17, 15) is 4.79 Å². The molecule has 1 atom stereocenters. The second-order valence-electron chi connectivity index (χ2n) is 7.21. The van der Waals surface area contributed by atoms with Crippen LogP contribution in [0.2, 0.25) is 0 Å². The zero-order chi connectivity index (χ0) is 20.2. The van der Waals surface area contributed by atoms with Gasteiger partial charge in [0.05, 0.1) is 31.1 Å². The molecule has 3 heterocycles. The van der Waals surface area contributed by atoms with Crippen molar-refractivity contribution in [3.63, 3.8) is 0 Å². The van der Waals surface area contributed by atoms with Crippen LogP contribution in [0.25, 0.3) is 5.69 Å². The number of aromatic nitrogens is 3. The molecule has 1 saturated heterocycles. The Morgan fingerprint density at radius 2 is 1.90 bits per heavy atom. The van der Waals surface area contributed by atoms with Gasteiger partial charge in [0.2, 0.25) is 0 Å². The lowest BCUT2D eigenvalue weighted by Crippen LogP contribution is -2.43. The zero-order valence-electron chi connectivity index (χ0n) is 16.7. The Morgan fingerprint density at radius 3 is 2.59 bits per heavy atom. The molecule has 4 rings (SSSR count). The van der Waals surface area contributed by atoms with E-state index in [0.717, 1.165) is 35.9 Å². The van der Waals surface area contributed by atoms with Crippen LogP contribution in [-0.2, 0) is 4.74 Å². The number of hydrogen-bond donors (Lipinski definition) is 1. The van der Waals surface area contributed by atoms with E-state index in [-0.39, 0.29) is 17.6 Å². The summed E-state index contributed by atoms with van der Waals surface area (Å²) in [7, 11) is 0. The van der Waals surface area contributed by atoms with E-state index in [4.69, 9.17) is 9.15 Å². The molecule has 0 bridgehead atoms. The summed E-state index contributed by atoms with van der Waals surface area (Å²) in [6.07, 6.45) is 1.64. The van der Waals surface area contributed by atoms with Crippen molar-refractivity contribution in [3.8, 4) is 5.69 Å². The van der Waals surface area contributed by atoms with Crippen molar-refractivity contribution in [1.29, 1.82) is 0 Å². The highest BCUT2D eigenvalue weighted by atomic mass is 16.5. The van der Waals surface area contributed by atoms with Crippen LogP contribution >= 0.6 is 0 Å². The van der Waals surface area contributed by atoms with Crippen molar-refractivity contribution in [2.45, 2.75) is 19.9 Å². The molecule has 8 nitrogen and oxygen atoms in total. The summed E-state index contributed by atoms with van der Waals surface area (Å²) in [5.74, 6) is 1.43. The number of aryl methyl sites for hydroxylation is 2. The number of ether oxygens (including phenoxy) is 1. The summed E-state index contributed by atoms with van der Waals surface area (Å²) in [6, 6.07) is 11.7. The number of rotatable bonds is 6. The van der Waals surface area contributed by atoms with Gasteiger partial charge in [-0.25, -0.2) is 4.68 Å². The van der Waals surface area contributed by atoms with E-state index in [1.807, 2.05) is 50.2 Å². The van der Waals surface area contributed by atoms with Gasteiger partial charge in [0, 0.05) is 19.6 Å². The molecule has 152 valence electrons. The quantitative estimate of drug-likeness (QED) is 0.689. The minimum atomic E-state index is -0.259. The van der Waals surface area contributed by atoms with Gasteiger partial charge in [-0.3, -0.25) is 9.69 Å². The first-order valence-corrected chi connectivity index (χ1v) is 9.76.